The van der Waals surface area contributed by atoms with Crippen LogP contribution in [0.15, 0.2) is 29.2 Å². The van der Waals surface area contributed by atoms with Gasteiger partial charge in [0.15, 0.2) is 6.29 Å². The lowest BCUT2D eigenvalue weighted by atomic mass is 10.2. The van der Waals surface area contributed by atoms with Gasteiger partial charge in [-0.25, -0.2) is 0 Å². The molecule has 23 heavy (non-hydrogen) atoms. The molecule has 1 aromatic rings. The van der Waals surface area contributed by atoms with Crippen LogP contribution in [-0.4, -0.2) is 66.7 Å². The van der Waals surface area contributed by atoms with Gasteiger partial charge in [0.2, 0.25) is 0 Å². The Hall–Kier alpha value is -1.07. The molecule has 8 nitrogen and oxygen atoms in total. The zero-order valence-electron chi connectivity index (χ0n) is 12.9. The summed E-state index contributed by atoms with van der Waals surface area (Å²) in [6, 6.07) is 5.94. The predicted octanol–water partition coefficient (Wildman–Crippen LogP) is -0.862. The summed E-state index contributed by atoms with van der Waals surface area (Å²) in [6.07, 6.45) is -5.76. The highest BCUT2D eigenvalue weighted by Gasteiger charge is 2.27. The normalized spacial score (nSPS) is 17.5. The summed E-state index contributed by atoms with van der Waals surface area (Å²) in [5.41, 5.74) is 0.876. The van der Waals surface area contributed by atoms with Gasteiger partial charge >= 0.3 is 0 Å². The fourth-order valence-corrected chi connectivity index (χ4v) is 2.50. The van der Waals surface area contributed by atoms with Crippen LogP contribution in [0.3, 0.4) is 0 Å². The van der Waals surface area contributed by atoms with Gasteiger partial charge in [0, 0.05) is 0 Å². The monoisotopic (exact) mass is 350 g/mol. The molecule has 0 aliphatic rings. The maximum atomic E-state index is 12.0. The molecule has 3 unspecified atom stereocenters. The van der Waals surface area contributed by atoms with E-state index in [0.717, 1.165) is 5.56 Å². The van der Waals surface area contributed by atoms with Crippen LogP contribution in [0.25, 0.3) is 0 Å². The lowest BCUT2D eigenvalue weighted by Gasteiger charge is -2.25. The van der Waals surface area contributed by atoms with E-state index in [-0.39, 0.29) is 4.90 Å². The number of ether oxygens (including phenoxy) is 1. The van der Waals surface area contributed by atoms with E-state index in [1.165, 1.54) is 19.1 Å². The zero-order valence-corrected chi connectivity index (χ0v) is 13.7. The van der Waals surface area contributed by atoms with E-state index in [2.05, 4.69) is 0 Å². The van der Waals surface area contributed by atoms with Crippen LogP contribution < -0.4 is 0 Å². The van der Waals surface area contributed by atoms with Gasteiger partial charge in [-0.3, -0.25) is 4.18 Å². The van der Waals surface area contributed by atoms with Gasteiger partial charge in [-0.1, -0.05) is 17.7 Å². The number of benzene rings is 1. The van der Waals surface area contributed by atoms with Gasteiger partial charge in [0.1, 0.15) is 18.3 Å². The molecular formula is C14H22O8S. The fraction of sp³-hybridized carbons (Fsp3) is 0.571. The molecule has 0 aliphatic carbocycles. The lowest BCUT2D eigenvalue weighted by Crippen LogP contribution is -2.42. The molecule has 0 saturated heterocycles. The third-order valence-electron chi connectivity index (χ3n) is 3.04. The Morgan fingerprint density at radius 2 is 1.70 bits per heavy atom. The second-order valence-electron chi connectivity index (χ2n) is 5.11. The maximum Gasteiger partial charge on any atom is 0.297 e. The molecule has 0 bridgehead atoms. The van der Waals surface area contributed by atoms with Gasteiger partial charge in [-0.05, 0) is 26.0 Å². The van der Waals surface area contributed by atoms with E-state index in [0.29, 0.717) is 0 Å². The minimum Gasteiger partial charge on any atom is -0.394 e. The van der Waals surface area contributed by atoms with E-state index >= 15 is 0 Å². The van der Waals surface area contributed by atoms with Gasteiger partial charge in [-0.15, -0.1) is 0 Å². The van der Waals surface area contributed by atoms with Crippen LogP contribution >= 0.6 is 0 Å². The Labute approximate surface area is 135 Å². The summed E-state index contributed by atoms with van der Waals surface area (Å²) in [7, 11) is -4.09. The van der Waals surface area contributed by atoms with Crippen molar-refractivity contribution in [2.45, 2.75) is 43.3 Å². The van der Waals surface area contributed by atoms with Crippen LogP contribution in [0.4, 0.5) is 0 Å². The van der Waals surface area contributed by atoms with E-state index in [9.17, 15) is 23.7 Å². The molecule has 0 heterocycles. The molecule has 4 atom stereocenters. The fourth-order valence-electron chi connectivity index (χ4n) is 1.58. The van der Waals surface area contributed by atoms with Gasteiger partial charge in [0.05, 0.1) is 18.1 Å². The molecule has 0 fully saturated rings. The molecule has 0 saturated carbocycles. The highest BCUT2D eigenvalue weighted by Crippen LogP contribution is 2.15. The third kappa shape index (κ3) is 6.15. The van der Waals surface area contributed by atoms with Crippen molar-refractivity contribution in [2.75, 3.05) is 13.2 Å². The van der Waals surface area contributed by atoms with Gasteiger partial charge < -0.3 is 25.2 Å². The van der Waals surface area contributed by atoms with E-state index in [4.69, 9.17) is 14.0 Å². The Morgan fingerprint density at radius 3 is 2.17 bits per heavy atom. The number of rotatable bonds is 9. The second kappa shape index (κ2) is 8.69. The number of hydrogen-bond acceptors (Lipinski definition) is 8. The van der Waals surface area contributed by atoms with Gasteiger partial charge in [0.25, 0.3) is 10.1 Å². The summed E-state index contributed by atoms with van der Waals surface area (Å²) >= 11 is 0. The van der Waals surface area contributed by atoms with Crippen molar-refractivity contribution in [1.82, 2.24) is 0 Å². The van der Waals surface area contributed by atoms with Crippen molar-refractivity contribution < 1.29 is 37.8 Å². The van der Waals surface area contributed by atoms with Crippen LogP contribution in [0.2, 0.25) is 0 Å². The first-order valence-electron chi connectivity index (χ1n) is 6.94. The molecule has 4 N–H and O–H groups in total. The zero-order chi connectivity index (χ0) is 17.6. The highest BCUT2D eigenvalue weighted by molar-refractivity contribution is 7.86. The first-order valence-corrected chi connectivity index (χ1v) is 8.35. The Balaban J connectivity index is 2.78. The van der Waals surface area contributed by atoms with E-state index in [1.54, 1.807) is 19.1 Å². The van der Waals surface area contributed by atoms with Crippen LogP contribution in [-0.2, 0) is 19.0 Å². The average Bonchev–Trinajstić information content (AvgIpc) is 2.50. The largest absolute Gasteiger partial charge is 0.394 e. The van der Waals surface area contributed by atoms with Crippen molar-refractivity contribution in [2.24, 2.45) is 0 Å². The van der Waals surface area contributed by atoms with Crippen molar-refractivity contribution >= 4 is 10.1 Å². The minimum absolute atomic E-state index is 0.0728. The lowest BCUT2D eigenvalue weighted by molar-refractivity contribution is -0.211. The van der Waals surface area contributed by atoms with E-state index < -0.39 is 47.9 Å². The summed E-state index contributed by atoms with van der Waals surface area (Å²) in [5, 5.41) is 37.2. The summed E-state index contributed by atoms with van der Waals surface area (Å²) < 4.78 is 33.8. The molecule has 0 aromatic heterocycles. The third-order valence-corrected chi connectivity index (χ3v) is 4.34. The first kappa shape index (κ1) is 20.0. The second-order valence-corrected chi connectivity index (χ2v) is 6.72. The van der Waals surface area contributed by atoms with Crippen molar-refractivity contribution in [3.05, 3.63) is 29.8 Å². The number of hydrogen-bond donors (Lipinski definition) is 4. The summed E-state index contributed by atoms with van der Waals surface area (Å²) in [4.78, 5) is -0.0728. The summed E-state index contributed by atoms with van der Waals surface area (Å²) in [6.45, 7) is 1.68. The molecule has 0 spiro atoms. The first-order chi connectivity index (χ1) is 10.7. The number of aryl methyl sites for hydroxylation is 1. The van der Waals surface area contributed by atoms with Crippen LogP contribution in [0, 0.1) is 6.92 Å². The average molecular weight is 350 g/mol. The summed E-state index contributed by atoms with van der Waals surface area (Å²) in [5.74, 6) is 0. The number of aliphatic hydroxyl groups is 4. The topological polar surface area (TPSA) is 134 Å². The Bertz CT molecular complexity index is 569. The molecular weight excluding hydrogens is 328 g/mol. The predicted molar refractivity (Wildman–Crippen MR) is 80.0 cm³/mol. The minimum atomic E-state index is -4.09. The molecule has 9 heteroatoms. The molecule has 1 aromatic carbocycles. The molecule has 132 valence electrons. The molecule has 0 amide bonds. The number of aliphatic hydroxyl groups excluding tert-OH is 4. The van der Waals surface area contributed by atoms with Crippen LogP contribution in [0.1, 0.15) is 12.5 Å². The van der Waals surface area contributed by atoms with Crippen molar-refractivity contribution in [3.8, 4) is 0 Å². The Morgan fingerprint density at radius 1 is 1.13 bits per heavy atom. The van der Waals surface area contributed by atoms with Crippen molar-refractivity contribution in [3.63, 3.8) is 0 Å². The Kier molecular flexibility index (Phi) is 7.55. The standard InChI is InChI=1S/C14H22O8S/c1-9-3-5-11(6-4-9)23(19,20)21-8-13(12(17)7-15)22-14(18)10(2)16/h3-6,10,12-18H,7-8H2,1-2H3/t10?,12-,13?,14?/m1/s1. The molecule has 1 rings (SSSR count). The SMILES string of the molecule is Cc1ccc(S(=O)(=O)OCC(OC(O)C(C)O)[C@H](O)CO)cc1. The smallest absolute Gasteiger partial charge is 0.297 e. The molecule has 0 aliphatic heterocycles. The van der Waals surface area contributed by atoms with Crippen molar-refractivity contribution in [1.29, 1.82) is 0 Å². The maximum absolute atomic E-state index is 12.0. The quantitative estimate of drug-likeness (QED) is 0.334. The van der Waals surface area contributed by atoms with E-state index in [1.807, 2.05) is 0 Å². The van der Waals surface area contributed by atoms with Gasteiger partial charge in [-0.2, -0.15) is 8.42 Å². The highest BCUT2D eigenvalue weighted by atomic mass is 32.2. The van der Waals surface area contributed by atoms with Crippen LogP contribution in [0.5, 0.6) is 0 Å². The molecule has 0 radical (unpaired) electrons.